The second kappa shape index (κ2) is 6.54. The first kappa shape index (κ1) is 13.0. The van der Waals surface area contributed by atoms with Crippen molar-refractivity contribution in [1.82, 2.24) is 0 Å². The summed E-state index contributed by atoms with van der Waals surface area (Å²) in [5.41, 5.74) is 1.20. The molecule has 1 N–H and O–H groups in total. The van der Waals surface area contributed by atoms with Crippen LogP contribution in [0.2, 0.25) is 0 Å². The summed E-state index contributed by atoms with van der Waals surface area (Å²) in [5.74, 6) is 0. The first-order chi connectivity index (χ1) is 7.66. The number of aliphatic hydroxyl groups excluding tert-OH is 1. The van der Waals surface area contributed by atoms with E-state index in [0.29, 0.717) is 0 Å². The second-order valence-electron chi connectivity index (χ2n) is 4.36. The van der Waals surface area contributed by atoms with Gasteiger partial charge in [-0.1, -0.05) is 31.5 Å². The summed E-state index contributed by atoms with van der Waals surface area (Å²) in [5, 5.41) is 9.71. The minimum absolute atomic E-state index is 0.161. The van der Waals surface area contributed by atoms with Crippen molar-refractivity contribution in [2.24, 2.45) is 0 Å². The van der Waals surface area contributed by atoms with Gasteiger partial charge < -0.3 is 10.0 Å². The number of aliphatic hydroxyl groups is 1. The Morgan fingerprint density at radius 1 is 1.19 bits per heavy atom. The van der Waals surface area contributed by atoms with Crippen LogP contribution in [0.5, 0.6) is 0 Å². The molecular formula is C14H23NO. The van der Waals surface area contributed by atoms with Gasteiger partial charge >= 0.3 is 0 Å². The lowest BCUT2D eigenvalue weighted by Crippen LogP contribution is -2.41. The number of para-hydroxylation sites is 1. The maximum absolute atomic E-state index is 9.71. The zero-order chi connectivity index (χ0) is 12.0. The number of rotatable bonds is 6. The Bertz CT molecular complexity index is 284. The Morgan fingerprint density at radius 3 is 2.31 bits per heavy atom. The van der Waals surface area contributed by atoms with Crippen molar-refractivity contribution in [3.63, 3.8) is 0 Å². The number of benzene rings is 1. The van der Waals surface area contributed by atoms with Crippen LogP contribution in [0.25, 0.3) is 0 Å². The largest absolute Gasteiger partial charge is 0.391 e. The highest BCUT2D eigenvalue weighted by Gasteiger charge is 2.17. The molecule has 1 aromatic rings. The average molecular weight is 221 g/mol. The quantitative estimate of drug-likeness (QED) is 0.798. The van der Waals surface area contributed by atoms with Crippen molar-refractivity contribution < 1.29 is 5.11 Å². The highest BCUT2D eigenvalue weighted by molar-refractivity contribution is 5.47. The van der Waals surface area contributed by atoms with E-state index in [1.54, 1.807) is 0 Å². The molecule has 0 bridgehead atoms. The molecule has 2 unspecified atom stereocenters. The number of unbranched alkanes of at least 4 members (excludes halogenated alkanes) is 1. The lowest BCUT2D eigenvalue weighted by Gasteiger charge is -2.33. The van der Waals surface area contributed by atoms with E-state index in [2.05, 4.69) is 30.9 Å². The Morgan fingerprint density at radius 2 is 1.81 bits per heavy atom. The third-order valence-electron chi connectivity index (χ3n) is 3.03. The summed E-state index contributed by atoms with van der Waals surface area (Å²) in [7, 11) is 0. The maximum Gasteiger partial charge on any atom is 0.0712 e. The molecule has 0 saturated carbocycles. The van der Waals surface area contributed by atoms with Crippen molar-refractivity contribution >= 4 is 5.69 Å². The fraction of sp³-hybridized carbons (Fsp3) is 0.571. The monoisotopic (exact) mass is 221 g/mol. The summed E-state index contributed by atoms with van der Waals surface area (Å²) in [4.78, 5) is 2.29. The highest BCUT2D eigenvalue weighted by atomic mass is 16.3. The van der Waals surface area contributed by atoms with Crippen LogP contribution in [0.4, 0.5) is 5.69 Å². The van der Waals surface area contributed by atoms with Gasteiger partial charge in [0, 0.05) is 12.2 Å². The van der Waals surface area contributed by atoms with Crippen LogP contribution in [0.15, 0.2) is 30.3 Å². The second-order valence-corrected chi connectivity index (χ2v) is 4.36. The molecule has 2 atom stereocenters. The maximum atomic E-state index is 9.71. The molecule has 16 heavy (non-hydrogen) atoms. The first-order valence-corrected chi connectivity index (χ1v) is 6.16. The fourth-order valence-electron chi connectivity index (χ4n) is 1.78. The van der Waals surface area contributed by atoms with Gasteiger partial charge in [0.1, 0.15) is 0 Å². The summed E-state index contributed by atoms with van der Waals surface area (Å²) in [6.45, 7) is 7.13. The predicted molar refractivity (Wildman–Crippen MR) is 69.8 cm³/mol. The lowest BCUT2D eigenvalue weighted by atomic mass is 10.1. The van der Waals surface area contributed by atoms with Gasteiger partial charge in [0.05, 0.1) is 12.1 Å². The lowest BCUT2D eigenvalue weighted by molar-refractivity contribution is 0.165. The summed E-state index contributed by atoms with van der Waals surface area (Å²) in [6.07, 6.45) is 2.03. The van der Waals surface area contributed by atoms with E-state index >= 15 is 0 Å². The molecule has 1 rings (SSSR count). The third-order valence-corrected chi connectivity index (χ3v) is 3.03. The minimum atomic E-state index is -0.308. The summed E-state index contributed by atoms with van der Waals surface area (Å²) < 4.78 is 0. The molecule has 0 heterocycles. The molecule has 0 saturated heterocycles. The Hall–Kier alpha value is -1.02. The molecule has 0 amide bonds. The molecule has 0 fully saturated rings. The topological polar surface area (TPSA) is 23.5 Å². The average Bonchev–Trinajstić information content (AvgIpc) is 2.30. The van der Waals surface area contributed by atoms with Gasteiger partial charge in [0.25, 0.3) is 0 Å². The van der Waals surface area contributed by atoms with Crippen LogP contribution in [-0.4, -0.2) is 23.8 Å². The first-order valence-electron chi connectivity index (χ1n) is 6.16. The summed E-state index contributed by atoms with van der Waals surface area (Å²) in [6, 6.07) is 10.5. The molecule has 0 aromatic heterocycles. The van der Waals surface area contributed by atoms with E-state index in [4.69, 9.17) is 0 Å². The molecular weight excluding hydrogens is 198 g/mol. The molecule has 0 aliphatic heterocycles. The van der Waals surface area contributed by atoms with Crippen LogP contribution in [0, 0.1) is 0 Å². The zero-order valence-corrected chi connectivity index (χ0v) is 10.6. The molecule has 2 heteroatoms. The molecule has 2 nitrogen and oxygen atoms in total. The van der Waals surface area contributed by atoms with Gasteiger partial charge in [-0.2, -0.15) is 0 Å². The van der Waals surface area contributed by atoms with Crippen LogP contribution in [0.3, 0.4) is 0 Å². The van der Waals surface area contributed by atoms with Gasteiger partial charge in [0.15, 0.2) is 0 Å². The van der Waals surface area contributed by atoms with Gasteiger partial charge in [-0.05, 0) is 32.4 Å². The van der Waals surface area contributed by atoms with Crippen LogP contribution in [0.1, 0.15) is 33.6 Å². The standard InChI is InChI=1S/C14H23NO/c1-4-5-11-15(12(2)13(3)16)14-9-7-6-8-10-14/h6-10,12-13,16H,4-5,11H2,1-3H3. The van der Waals surface area contributed by atoms with Gasteiger partial charge in [0.2, 0.25) is 0 Å². The van der Waals surface area contributed by atoms with Crippen LogP contribution >= 0.6 is 0 Å². The highest BCUT2D eigenvalue weighted by Crippen LogP contribution is 2.18. The molecule has 90 valence electrons. The smallest absolute Gasteiger partial charge is 0.0712 e. The van der Waals surface area contributed by atoms with Crippen molar-refractivity contribution in [2.75, 3.05) is 11.4 Å². The Balaban J connectivity index is 2.79. The number of anilines is 1. The molecule has 1 aromatic carbocycles. The zero-order valence-electron chi connectivity index (χ0n) is 10.6. The van der Waals surface area contributed by atoms with Crippen molar-refractivity contribution in [3.05, 3.63) is 30.3 Å². The van der Waals surface area contributed by atoms with Crippen LogP contribution in [-0.2, 0) is 0 Å². The van der Waals surface area contributed by atoms with Crippen molar-refractivity contribution in [3.8, 4) is 0 Å². The van der Waals surface area contributed by atoms with Crippen molar-refractivity contribution in [2.45, 2.75) is 45.8 Å². The number of hydrogen-bond acceptors (Lipinski definition) is 2. The Labute approximate surface area is 98.9 Å². The van der Waals surface area contributed by atoms with Crippen LogP contribution < -0.4 is 4.90 Å². The van der Waals surface area contributed by atoms with Gasteiger partial charge in [-0.15, -0.1) is 0 Å². The number of hydrogen-bond donors (Lipinski definition) is 1. The van der Waals surface area contributed by atoms with E-state index in [-0.39, 0.29) is 12.1 Å². The molecule has 0 aliphatic carbocycles. The molecule has 0 radical (unpaired) electrons. The van der Waals surface area contributed by atoms with E-state index in [1.807, 2.05) is 25.1 Å². The van der Waals surface area contributed by atoms with E-state index < -0.39 is 0 Å². The van der Waals surface area contributed by atoms with Gasteiger partial charge in [-0.25, -0.2) is 0 Å². The Kier molecular flexibility index (Phi) is 5.33. The third kappa shape index (κ3) is 3.53. The van der Waals surface area contributed by atoms with Gasteiger partial charge in [-0.3, -0.25) is 0 Å². The normalized spacial score (nSPS) is 14.5. The predicted octanol–water partition coefficient (Wildman–Crippen LogP) is 3.06. The van der Waals surface area contributed by atoms with E-state index in [9.17, 15) is 5.11 Å². The fourth-order valence-corrected chi connectivity index (χ4v) is 1.78. The SMILES string of the molecule is CCCCN(c1ccccc1)C(C)C(C)O. The molecule has 0 aliphatic rings. The molecule has 0 spiro atoms. The number of nitrogens with zero attached hydrogens (tertiary/aromatic N) is 1. The van der Waals surface area contributed by atoms with E-state index in [1.165, 1.54) is 12.1 Å². The summed E-state index contributed by atoms with van der Waals surface area (Å²) >= 11 is 0. The minimum Gasteiger partial charge on any atom is -0.391 e. The van der Waals surface area contributed by atoms with Crippen molar-refractivity contribution in [1.29, 1.82) is 0 Å². The van der Waals surface area contributed by atoms with E-state index in [0.717, 1.165) is 13.0 Å².